The fraction of sp³-hybridized carbons (Fsp3) is 0.867. The molecule has 4 heteroatoms. The van der Waals surface area contributed by atoms with Gasteiger partial charge < -0.3 is 9.80 Å². The third-order valence-electron chi connectivity index (χ3n) is 4.59. The van der Waals surface area contributed by atoms with Gasteiger partial charge in [0.1, 0.15) is 0 Å². The van der Waals surface area contributed by atoms with Crippen molar-refractivity contribution in [1.82, 2.24) is 9.80 Å². The molecule has 2 saturated heterocycles. The van der Waals surface area contributed by atoms with E-state index in [9.17, 15) is 9.59 Å². The van der Waals surface area contributed by atoms with Crippen molar-refractivity contribution in [3.63, 3.8) is 0 Å². The van der Waals surface area contributed by atoms with E-state index < -0.39 is 0 Å². The summed E-state index contributed by atoms with van der Waals surface area (Å²) in [6.07, 6.45) is 5.78. The second-order valence-electron chi connectivity index (χ2n) is 5.89. The van der Waals surface area contributed by atoms with E-state index >= 15 is 0 Å². The van der Waals surface area contributed by atoms with Crippen LogP contribution in [0.4, 0.5) is 0 Å². The molecule has 0 aromatic heterocycles. The number of likely N-dealkylation sites (tertiary alicyclic amines) is 2. The van der Waals surface area contributed by atoms with Crippen LogP contribution in [0, 0.1) is 5.92 Å². The number of amides is 2. The molecular weight excluding hydrogens is 240 g/mol. The summed E-state index contributed by atoms with van der Waals surface area (Å²) in [5.41, 5.74) is 0. The topological polar surface area (TPSA) is 40.6 Å². The van der Waals surface area contributed by atoms with Gasteiger partial charge in [0.25, 0.3) is 0 Å². The Morgan fingerprint density at radius 3 is 2.32 bits per heavy atom. The van der Waals surface area contributed by atoms with Crippen molar-refractivity contribution >= 4 is 11.8 Å². The van der Waals surface area contributed by atoms with Crippen molar-refractivity contribution in [2.45, 2.75) is 58.4 Å². The minimum absolute atomic E-state index is 0.140. The zero-order chi connectivity index (χ0) is 13.8. The van der Waals surface area contributed by atoms with Gasteiger partial charge in [0, 0.05) is 38.0 Å². The van der Waals surface area contributed by atoms with E-state index in [4.69, 9.17) is 0 Å². The van der Waals surface area contributed by atoms with Crippen LogP contribution in [-0.2, 0) is 9.59 Å². The van der Waals surface area contributed by atoms with Crippen LogP contribution in [0.3, 0.4) is 0 Å². The Bertz CT molecular complexity index is 335. The number of hydrogen-bond acceptors (Lipinski definition) is 2. The van der Waals surface area contributed by atoms with Crippen LogP contribution >= 0.6 is 0 Å². The minimum atomic E-state index is 0.140. The largest absolute Gasteiger partial charge is 0.343 e. The average Bonchev–Trinajstić information content (AvgIpc) is 2.46. The lowest BCUT2D eigenvalue weighted by Gasteiger charge is -2.38. The summed E-state index contributed by atoms with van der Waals surface area (Å²) in [4.78, 5) is 28.1. The zero-order valence-corrected chi connectivity index (χ0v) is 12.2. The lowest BCUT2D eigenvalue weighted by molar-refractivity contribution is -0.143. The van der Waals surface area contributed by atoms with Crippen LogP contribution in [0.15, 0.2) is 0 Å². The van der Waals surface area contributed by atoms with E-state index in [1.807, 2.05) is 11.8 Å². The van der Waals surface area contributed by atoms with E-state index in [1.54, 1.807) is 0 Å². The number of carbonyl (C=O) groups is 2. The maximum atomic E-state index is 12.5. The molecule has 0 aromatic carbocycles. The molecule has 1 atom stereocenters. The summed E-state index contributed by atoms with van der Waals surface area (Å²) >= 11 is 0. The molecule has 0 saturated carbocycles. The van der Waals surface area contributed by atoms with Gasteiger partial charge in [-0.15, -0.1) is 0 Å². The highest BCUT2D eigenvalue weighted by molar-refractivity contribution is 5.80. The summed E-state index contributed by atoms with van der Waals surface area (Å²) in [6, 6.07) is 0.400. The van der Waals surface area contributed by atoms with Crippen LogP contribution in [0.5, 0.6) is 0 Å². The van der Waals surface area contributed by atoms with Crippen LogP contribution in [0.1, 0.15) is 52.4 Å². The molecule has 0 aromatic rings. The van der Waals surface area contributed by atoms with Crippen LogP contribution in [0.2, 0.25) is 0 Å². The second kappa shape index (κ2) is 6.40. The second-order valence-corrected chi connectivity index (χ2v) is 5.89. The van der Waals surface area contributed by atoms with E-state index in [0.717, 1.165) is 45.3 Å². The molecule has 2 amide bonds. The minimum Gasteiger partial charge on any atom is -0.343 e. The third kappa shape index (κ3) is 3.28. The molecule has 2 fully saturated rings. The SMILES string of the molecule is CCC(=O)N1CCC(C(=O)N2CCCC[C@H]2C)CC1. The Labute approximate surface area is 116 Å². The molecule has 0 spiro atoms. The summed E-state index contributed by atoms with van der Waals surface area (Å²) in [5, 5.41) is 0. The predicted octanol–water partition coefficient (Wildman–Crippen LogP) is 2.04. The standard InChI is InChI=1S/C15H26N2O2/c1-3-14(18)16-10-7-13(8-11-16)15(19)17-9-5-4-6-12(17)2/h12-13H,3-11H2,1-2H3/t12-/m1/s1. The number of hydrogen-bond donors (Lipinski definition) is 0. The maximum Gasteiger partial charge on any atom is 0.226 e. The van der Waals surface area contributed by atoms with Gasteiger partial charge >= 0.3 is 0 Å². The molecular formula is C15H26N2O2. The van der Waals surface area contributed by atoms with Crippen molar-refractivity contribution in [2.75, 3.05) is 19.6 Å². The van der Waals surface area contributed by atoms with Gasteiger partial charge in [-0.2, -0.15) is 0 Å². The molecule has 19 heavy (non-hydrogen) atoms. The van der Waals surface area contributed by atoms with Crippen molar-refractivity contribution in [1.29, 1.82) is 0 Å². The van der Waals surface area contributed by atoms with Crippen LogP contribution in [-0.4, -0.2) is 47.3 Å². The Balaban J connectivity index is 1.86. The fourth-order valence-electron chi connectivity index (χ4n) is 3.26. The molecule has 0 bridgehead atoms. The zero-order valence-electron chi connectivity index (χ0n) is 12.2. The lowest BCUT2D eigenvalue weighted by Crippen LogP contribution is -2.48. The van der Waals surface area contributed by atoms with Gasteiger partial charge in [0.05, 0.1) is 0 Å². The first-order valence-electron chi connectivity index (χ1n) is 7.71. The first-order chi connectivity index (χ1) is 9.13. The predicted molar refractivity (Wildman–Crippen MR) is 74.6 cm³/mol. The van der Waals surface area contributed by atoms with Gasteiger partial charge in [-0.3, -0.25) is 9.59 Å². The third-order valence-corrected chi connectivity index (χ3v) is 4.59. The average molecular weight is 266 g/mol. The Kier molecular flexibility index (Phi) is 4.83. The summed E-state index contributed by atoms with van der Waals surface area (Å²) < 4.78 is 0. The fourth-order valence-corrected chi connectivity index (χ4v) is 3.26. The van der Waals surface area contributed by atoms with Crippen molar-refractivity contribution in [3.05, 3.63) is 0 Å². The molecule has 2 aliphatic rings. The molecule has 0 N–H and O–H groups in total. The molecule has 108 valence electrons. The van der Waals surface area contributed by atoms with Crippen molar-refractivity contribution < 1.29 is 9.59 Å². The summed E-state index contributed by atoms with van der Waals surface area (Å²) in [7, 11) is 0. The normalized spacial score (nSPS) is 25.5. The van der Waals surface area contributed by atoms with Gasteiger partial charge in [-0.25, -0.2) is 0 Å². The number of carbonyl (C=O) groups excluding carboxylic acids is 2. The summed E-state index contributed by atoms with van der Waals surface area (Å²) in [6.45, 7) is 6.49. The molecule has 2 heterocycles. The van der Waals surface area contributed by atoms with Gasteiger partial charge in [-0.1, -0.05) is 6.92 Å². The van der Waals surface area contributed by atoms with E-state index in [0.29, 0.717) is 18.4 Å². The van der Waals surface area contributed by atoms with Crippen LogP contribution in [0.25, 0.3) is 0 Å². The van der Waals surface area contributed by atoms with E-state index in [1.165, 1.54) is 6.42 Å². The molecule has 4 nitrogen and oxygen atoms in total. The van der Waals surface area contributed by atoms with E-state index in [-0.39, 0.29) is 11.8 Å². The Hall–Kier alpha value is -1.06. The first-order valence-corrected chi connectivity index (χ1v) is 7.71. The van der Waals surface area contributed by atoms with Gasteiger partial charge in [0.15, 0.2) is 0 Å². The molecule has 0 aliphatic carbocycles. The lowest BCUT2D eigenvalue weighted by atomic mass is 9.93. The maximum absolute atomic E-state index is 12.5. The molecule has 2 aliphatic heterocycles. The number of piperidine rings is 2. The highest BCUT2D eigenvalue weighted by Gasteiger charge is 2.32. The highest BCUT2D eigenvalue weighted by atomic mass is 16.2. The van der Waals surface area contributed by atoms with Crippen molar-refractivity contribution in [2.24, 2.45) is 5.92 Å². The van der Waals surface area contributed by atoms with Crippen LogP contribution < -0.4 is 0 Å². The van der Waals surface area contributed by atoms with E-state index in [2.05, 4.69) is 11.8 Å². The molecule has 2 rings (SSSR count). The Morgan fingerprint density at radius 1 is 1.05 bits per heavy atom. The number of rotatable bonds is 2. The number of nitrogens with zero attached hydrogens (tertiary/aromatic N) is 2. The Morgan fingerprint density at radius 2 is 1.74 bits per heavy atom. The molecule has 0 unspecified atom stereocenters. The quantitative estimate of drug-likeness (QED) is 0.767. The smallest absolute Gasteiger partial charge is 0.226 e. The highest BCUT2D eigenvalue weighted by Crippen LogP contribution is 2.24. The van der Waals surface area contributed by atoms with Crippen molar-refractivity contribution in [3.8, 4) is 0 Å². The first kappa shape index (κ1) is 14.4. The van der Waals surface area contributed by atoms with Gasteiger partial charge in [-0.05, 0) is 39.0 Å². The monoisotopic (exact) mass is 266 g/mol. The van der Waals surface area contributed by atoms with Gasteiger partial charge in [0.2, 0.25) is 11.8 Å². The molecule has 0 radical (unpaired) electrons. The summed E-state index contributed by atoms with van der Waals surface area (Å²) in [5.74, 6) is 0.689.